The Hall–Kier alpha value is -1.34. The van der Waals surface area contributed by atoms with Crippen molar-refractivity contribution >= 4 is 5.69 Å². The van der Waals surface area contributed by atoms with Gasteiger partial charge >= 0.3 is 0 Å². The fourth-order valence-corrected chi connectivity index (χ4v) is 2.04. The standard InChI is InChI=1S/C11H17F2N5/c1-17-3-4-18(2)8(6-17)11-15-5-7(14)9(16-11)10(12)13/h5,8,10H,3-4,6,14H2,1-2H3. The molecule has 0 radical (unpaired) electrons. The van der Waals surface area contributed by atoms with Gasteiger partial charge in [-0.3, -0.25) is 4.90 Å². The predicted molar refractivity (Wildman–Crippen MR) is 64.3 cm³/mol. The van der Waals surface area contributed by atoms with Gasteiger partial charge in [-0.25, -0.2) is 18.7 Å². The third-order valence-corrected chi connectivity index (χ3v) is 3.22. The van der Waals surface area contributed by atoms with Crippen molar-refractivity contribution in [2.24, 2.45) is 0 Å². The van der Waals surface area contributed by atoms with Crippen LogP contribution in [0.25, 0.3) is 0 Å². The lowest BCUT2D eigenvalue weighted by atomic mass is 10.1. The maximum atomic E-state index is 12.8. The molecule has 0 bridgehead atoms. The number of rotatable bonds is 2. The number of likely N-dealkylation sites (N-methyl/N-ethyl adjacent to an activating group) is 2. The molecular formula is C11H17F2N5. The van der Waals surface area contributed by atoms with Crippen LogP contribution in [-0.2, 0) is 0 Å². The van der Waals surface area contributed by atoms with Crippen LogP contribution < -0.4 is 5.73 Å². The minimum absolute atomic E-state index is 0.0550. The molecule has 0 aromatic carbocycles. The highest BCUT2D eigenvalue weighted by atomic mass is 19.3. The number of anilines is 1. The molecule has 1 unspecified atom stereocenters. The van der Waals surface area contributed by atoms with Crippen molar-refractivity contribution < 1.29 is 8.78 Å². The van der Waals surface area contributed by atoms with Crippen LogP contribution in [0.2, 0.25) is 0 Å². The first-order chi connectivity index (χ1) is 8.49. The Morgan fingerprint density at radius 1 is 1.39 bits per heavy atom. The second-order valence-corrected chi connectivity index (χ2v) is 4.63. The molecule has 5 nitrogen and oxygen atoms in total. The first kappa shape index (κ1) is 13.1. The van der Waals surface area contributed by atoms with Gasteiger partial charge in [-0.1, -0.05) is 0 Å². The van der Waals surface area contributed by atoms with Gasteiger partial charge in [0, 0.05) is 19.6 Å². The molecule has 1 aromatic rings. The van der Waals surface area contributed by atoms with Gasteiger partial charge < -0.3 is 10.6 Å². The molecule has 1 aromatic heterocycles. The van der Waals surface area contributed by atoms with E-state index in [2.05, 4.69) is 19.8 Å². The molecule has 18 heavy (non-hydrogen) atoms. The predicted octanol–water partition coefficient (Wildman–Crippen LogP) is 0.915. The van der Waals surface area contributed by atoms with Gasteiger partial charge in [-0.05, 0) is 14.1 Å². The molecule has 1 aliphatic rings. The fraction of sp³-hybridized carbons (Fsp3) is 0.636. The molecule has 1 atom stereocenters. The number of nitrogen functional groups attached to an aromatic ring is 1. The molecule has 7 heteroatoms. The molecule has 2 heterocycles. The highest BCUT2D eigenvalue weighted by molar-refractivity contribution is 5.41. The minimum atomic E-state index is -2.67. The van der Waals surface area contributed by atoms with Gasteiger partial charge in [-0.15, -0.1) is 0 Å². The average molecular weight is 257 g/mol. The quantitative estimate of drug-likeness (QED) is 0.853. The van der Waals surface area contributed by atoms with Crippen LogP contribution in [0.15, 0.2) is 6.20 Å². The van der Waals surface area contributed by atoms with Gasteiger partial charge in [0.25, 0.3) is 6.43 Å². The lowest BCUT2D eigenvalue weighted by Crippen LogP contribution is -2.45. The second kappa shape index (κ2) is 5.11. The van der Waals surface area contributed by atoms with Crippen LogP contribution in [-0.4, -0.2) is 53.5 Å². The van der Waals surface area contributed by atoms with Gasteiger partial charge in [0.1, 0.15) is 11.5 Å². The van der Waals surface area contributed by atoms with Crippen molar-refractivity contribution in [3.63, 3.8) is 0 Å². The second-order valence-electron chi connectivity index (χ2n) is 4.63. The van der Waals surface area contributed by atoms with Crippen molar-refractivity contribution in [3.05, 3.63) is 17.7 Å². The number of aromatic nitrogens is 2. The maximum absolute atomic E-state index is 12.8. The topological polar surface area (TPSA) is 58.3 Å². The number of nitrogens with two attached hydrogens (primary N) is 1. The van der Waals surface area contributed by atoms with E-state index < -0.39 is 6.43 Å². The molecular weight excluding hydrogens is 240 g/mol. The Morgan fingerprint density at radius 3 is 2.78 bits per heavy atom. The first-order valence-corrected chi connectivity index (χ1v) is 5.78. The zero-order chi connectivity index (χ0) is 13.3. The Bertz CT molecular complexity index is 426. The molecule has 2 N–H and O–H groups in total. The van der Waals surface area contributed by atoms with Crippen LogP contribution in [0.5, 0.6) is 0 Å². The van der Waals surface area contributed by atoms with Crippen molar-refractivity contribution in [3.8, 4) is 0 Å². The summed E-state index contributed by atoms with van der Waals surface area (Å²) < 4.78 is 25.5. The highest BCUT2D eigenvalue weighted by Crippen LogP contribution is 2.26. The summed E-state index contributed by atoms with van der Waals surface area (Å²) in [5, 5.41) is 0. The van der Waals surface area contributed by atoms with Crippen molar-refractivity contribution in [1.29, 1.82) is 0 Å². The summed E-state index contributed by atoms with van der Waals surface area (Å²) in [5.74, 6) is 0.411. The SMILES string of the molecule is CN1CCN(C)C(c2ncc(N)c(C(F)F)n2)C1. The Morgan fingerprint density at radius 2 is 2.11 bits per heavy atom. The van der Waals surface area contributed by atoms with E-state index in [1.54, 1.807) is 0 Å². The summed E-state index contributed by atoms with van der Waals surface area (Å²) >= 11 is 0. The molecule has 1 fully saturated rings. The van der Waals surface area contributed by atoms with E-state index in [1.165, 1.54) is 6.20 Å². The van der Waals surface area contributed by atoms with Crippen LogP contribution >= 0.6 is 0 Å². The Kier molecular flexibility index (Phi) is 3.72. The summed E-state index contributed by atoms with van der Waals surface area (Å²) in [6.45, 7) is 2.53. The number of halogens is 2. The van der Waals surface area contributed by atoms with Gasteiger partial charge in [0.15, 0.2) is 0 Å². The number of hydrogen-bond acceptors (Lipinski definition) is 5. The maximum Gasteiger partial charge on any atom is 0.282 e. The van der Waals surface area contributed by atoms with E-state index in [-0.39, 0.29) is 17.4 Å². The van der Waals surface area contributed by atoms with Crippen molar-refractivity contribution in [2.45, 2.75) is 12.5 Å². The molecule has 1 aliphatic heterocycles. The van der Waals surface area contributed by atoms with Crippen molar-refractivity contribution in [2.75, 3.05) is 39.5 Å². The molecule has 0 saturated carbocycles. The fourth-order valence-electron chi connectivity index (χ4n) is 2.04. The smallest absolute Gasteiger partial charge is 0.282 e. The van der Waals surface area contributed by atoms with E-state index in [4.69, 9.17) is 5.73 Å². The zero-order valence-electron chi connectivity index (χ0n) is 10.5. The molecule has 1 saturated heterocycles. The zero-order valence-corrected chi connectivity index (χ0v) is 10.5. The van der Waals surface area contributed by atoms with E-state index in [1.807, 2.05) is 14.1 Å². The normalized spacial score (nSPS) is 22.6. The monoisotopic (exact) mass is 257 g/mol. The van der Waals surface area contributed by atoms with Gasteiger partial charge in [0.05, 0.1) is 17.9 Å². The molecule has 100 valence electrons. The van der Waals surface area contributed by atoms with E-state index >= 15 is 0 Å². The summed E-state index contributed by atoms with van der Waals surface area (Å²) in [5.41, 5.74) is 5.02. The number of hydrogen-bond donors (Lipinski definition) is 1. The Labute approximate surface area is 105 Å². The third kappa shape index (κ3) is 2.56. The minimum Gasteiger partial charge on any atom is -0.396 e. The lowest BCUT2D eigenvalue weighted by molar-refractivity contribution is 0.107. The van der Waals surface area contributed by atoms with E-state index in [9.17, 15) is 8.78 Å². The molecule has 0 amide bonds. The van der Waals surface area contributed by atoms with Gasteiger partial charge in [0.2, 0.25) is 0 Å². The van der Waals surface area contributed by atoms with Crippen LogP contribution in [0.1, 0.15) is 24.0 Å². The Balaban J connectivity index is 2.29. The lowest BCUT2D eigenvalue weighted by Gasteiger charge is -2.36. The van der Waals surface area contributed by atoms with Crippen LogP contribution in [0.4, 0.5) is 14.5 Å². The summed E-state index contributed by atoms with van der Waals surface area (Å²) in [7, 11) is 3.94. The summed E-state index contributed by atoms with van der Waals surface area (Å²) in [6.07, 6.45) is -1.40. The molecule has 0 aliphatic carbocycles. The van der Waals surface area contributed by atoms with Crippen LogP contribution in [0, 0.1) is 0 Å². The van der Waals surface area contributed by atoms with Gasteiger partial charge in [-0.2, -0.15) is 0 Å². The highest BCUT2D eigenvalue weighted by Gasteiger charge is 2.27. The molecule has 0 spiro atoms. The average Bonchev–Trinajstić information content (AvgIpc) is 2.33. The van der Waals surface area contributed by atoms with Crippen LogP contribution in [0.3, 0.4) is 0 Å². The van der Waals surface area contributed by atoms with E-state index in [0.29, 0.717) is 5.82 Å². The first-order valence-electron chi connectivity index (χ1n) is 5.78. The summed E-state index contributed by atoms with van der Waals surface area (Å²) in [4.78, 5) is 12.2. The number of alkyl halides is 2. The van der Waals surface area contributed by atoms with E-state index in [0.717, 1.165) is 19.6 Å². The third-order valence-electron chi connectivity index (χ3n) is 3.22. The molecule has 2 rings (SSSR count). The number of nitrogens with zero attached hydrogens (tertiary/aromatic N) is 4. The summed E-state index contributed by atoms with van der Waals surface area (Å²) in [6, 6.07) is -0.0677. The number of piperazine rings is 1. The largest absolute Gasteiger partial charge is 0.396 e. The van der Waals surface area contributed by atoms with Crippen molar-refractivity contribution in [1.82, 2.24) is 19.8 Å².